The zero-order valence-electron chi connectivity index (χ0n) is 16.1. The maximum Gasteiger partial charge on any atom is 0.253 e. The van der Waals surface area contributed by atoms with Gasteiger partial charge in [0.15, 0.2) is 0 Å². The van der Waals surface area contributed by atoms with Gasteiger partial charge >= 0.3 is 0 Å². The van der Waals surface area contributed by atoms with E-state index < -0.39 is 0 Å². The van der Waals surface area contributed by atoms with Crippen molar-refractivity contribution in [3.8, 4) is 5.75 Å². The van der Waals surface area contributed by atoms with Crippen LogP contribution in [0.2, 0.25) is 0 Å². The molecule has 2 aromatic carbocycles. The van der Waals surface area contributed by atoms with Gasteiger partial charge in [-0.1, -0.05) is 18.2 Å². The number of likely N-dealkylation sites (tertiary alicyclic amines) is 1. The third-order valence-electron chi connectivity index (χ3n) is 5.97. The van der Waals surface area contributed by atoms with Crippen molar-refractivity contribution < 1.29 is 9.53 Å². The second-order valence-corrected chi connectivity index (χ2v) is 7.84. The van der Waals surface area contributed by atoms with Crippen LogP contribution in [0.15, 0.2) is 42.5 Å². The van der Waals surface area contributed by atoms with Gasteiger partial charge in [0.25, 0.3) is 5.91 Å². The molecule has 5 nitrogen and oxygen atoms in total. The maximum atomic E-state index is 13.0. The van der Waals surface area contributed by atoms with E-state index in [0.29, 0.717) is 13.2 Å². The number of fused-ring (bicyclic) bond motifs is 2. The molecule has 2 aromatic rings. The fraction of sp³-hybridized carbons (Fsp3) is 0.409. The number of hydrogen-bond acceptors (Lipinski definition) is 4. The number of ether oxygens (including phenoxy) is 1. The van der Waals surface area contributed by atoms with Gasteiger partial charge in [0.1, 0.15) is 5.75 Å². The van der Waals surface area contributed by atoms with Crippen molar-refractivity contribution in [1.29, 1.82) is 0 Å². The minimum absolute atomic E-state index is 0.0166. The molecule has 2 aliphatic rings. The maximum absolute atomic E-state index is 13.0. The Kier molecular flexibility index (Phi) is 4.56. The Balaban J connectivity index is 1.50. The van der Waals surface area contributed by atoms with Gasteiger partial charge in [-0.05, 0) is 42.7 Å². The molecule has 0 saturated carbocycles. The van der Waals surface area contributed by atoms with E-state index in [-0.39, 0.29) is 11.3 Å². The number of hydrogen-bond donors (Lipinski definition) is 1. The number of rotatable bonds is 3. The monoisotopic (exact) mass is 365 g/mol. The average molecular weight is 365 g/mol. The molecule has 142 valence electrons. The van der Waals surface area contributed by atoms with Crippen LogP contribution in [0, 0.1) is 0 Å². The van der Waals surface area contributed by atoms with E-state index in [9.17, 15) is 4.79 Å². The largest absolute Gasteiger partial charge is 0.492 e. The van der Waals surface area contributed by atoms with Crippen LogP contribution in [0.5, 0.6) is 5.75 Å². The van der Waals surface area contributed by atoms with Crippen molar-refractivity contribution in [1.82, 2.24) is 4.90 Å². The van der Waals surface area contributed by atoms with E-state index in [1.54, 1.807) is 0 Å². The first-order valence-corrected chi connectivity index (χ1v) is 9.55. The molecule has 0 radical (unpaired) electrons. The molecular weight excluding hydrogens is 338 g/mol. The standard InChI is InChI=1S/C22H27N3O2/c1-24(2)18-5-3-4-17(13-18)21(26)25-10-8-22(9-11-25)15-27-20-7-6-16(14-23)12-19(20)22/h3-7,12-13H,8-11,14-15,23H2,1-2H3. The first-order chi connectivity index (χ1) is 13.0. The van der Waals surface area contributed by atoms with Crippen LogP contribution in [0.1, 0.15) is 34.3 Å². The molecule has 1 spiro atoms. The van der Waals surface area contributed by atoms with Gasteiger partial charge in [-0.3, -0.25) is 4.79 Å². The molecular formula is C22H27N3O2. The summed E-state index contributed by atoms with van der Waals surface area (Å²) in [4.78, 5) is 17.0. The van der Waals surface area contributed by atoms with Gasteiger partial charge in [0, 0.05) is 56.0 Å². The molecule has 27 heavy (non-hydrogen) atoms. The molecule has 2 N–H and O–H groups in total. The van der Waals surface area contributed by atoms with Crippen molar-refractivity contribution in [3.63, 3.8) is 0 Å². The Hall–Kier alpha value is -2.53. The Morgan fingerprint density at radius 1 is 1.19 bits per heavy atom. The molecule has 0 atom stereocenters. The van der Waals surface area contributed by atoms with Crippen LogP contribution in [-0.2, 0) is 12.0 Å². The third-order valence-corrected chi connectivity index (χ3v) is 5.97. The lowest BCUT2D eigenvalue weighted by Gasteiger charge is -2.38. The zero-order valence-corrected chi connectivity index (χ0v) is 16.1. The average Bonchev–Trinajstić information content (AvgIpc) is 3.05. The smallest absolute Gasteiger partial charge is 0.253 e. The van der Waals surface area contributed by atoms with E-state index in [1.165, 1.54) is 5.56 Å². The van der Waals surface area contributed by atoms with E-state index >= 15 is 0 Å². The SMILES string of the molecule is CN(C)c1cccc(C(=O)N2CCC3(CC2)COc2ccc(CN)cc23)c1. The number of anilines is 1. The molecule has 0 bridgehead atoms. The number of nitrogens with two attached hydrogens (primary N) is 1. The van der Waals surface area contributed by atoms with E-state index in [4.69, 9.17) is 10.5 Å². The van der Waals surface area contributed by atoms with Gasteiger partial charge in [-0.15, -0.1) is 0 Å². The predicted molar refractivity (Wildman–Crippen MR) is 107 cm³/mol. The number of nitrogens with zero attached hydrogens (tertiary/aromatic N) is 2. The van der Waals surface area contributed by atoms with Crippen LogP contribution >= 0.6 is 0 Å². The van der Waals surface area contributed by atoms with Gasteiger partial charge < -0.3 is 20.3 Å². The molecule has 2 aliphatic heterocycles. The molecule has 4 rings (SSSR count). The van der Waals surface area contributed by atoms with Crippen molar-refractivity contribution in [2.75, 3.05) is 38.7 Å². The molecule has 5 heteroatoms. The Morgan fingerprint density at radius 3 is 2.67 bits per heavy atom. The second kappa shape index (κ2) is 6.89. The highest BCUT2D eigenvalue weighted by Crippen LogP contribution is 2.46. The van der Waals surface area contributed by atoms with Gasteiger partial charge in [-0.25, -0.2) is 0 Å². The summed E-state index contributed by atoms with van der Waals surface area (Å²) >= 11 is 0. The van der Waals surface area contributed by atoms with Crippen molar-refractivity contribution in [3.05, 3.63) is 59.2 Å². The highest BCUT2D eigenvalue weighted by Gasteiger charge is 2.43. The second-order valence-electron chi connectivity index (χ2n) is 7.84. The lowest BCUT2D eigenvalue weighted by Crippen LogP contribution is -2.46. The predicted octanol–water partition coefficient (Wildman–Crippen LogP) is 2.78. The highest BCUT2D eigenvalue weighted by atomic mass is 16.5. The van der Waals surface area contributed by atoms with Crippen molar-refractivity contribution in [2.45, 2.75) is 24.8 Å². The fourth-order valence-electron chi connectivity index (χ4n) is 4.19. The summed E-state index contributed by atoms with van der Waals surface area (Å²) < 4.78 is 5.96. The minimum atomic E-state index is 0.0166. The Bertz CT molecular complexity index is 854. The quantitative estimate of drug-likeness (QED) is 0.909. The molecule has 1 fully saturated rings. The summed E-state index contributed by atoms with van der Waals surface area (Å²) in [6, 6.07) is 14.1. The first kappa shape index (κ1) is 17.9. The van der Waals surface area contributed by atoms with Crippen LogP contribution in [-0.4, -0.2) is 44.6 Å². The first-order valence-electron chi connectivity index (χ1n) is 9.55. The fourth-order valence-corrected chi connectivity index (χ4v) is 4.19. The van der Waals surface area contributed by atoms with Crippen molar-refractivity contribution in [2.24, 2.45) is 5.73 Å². The summed E-state index contributed by atoms with van der Waals surface area (Å²) in [5.74, 6) is 1.09. The molecule has 0 aromatic heterocycles. The summed E-state index contributed by atoms with van der Waals surface area (Å²) in [5.41, 5.74) is 10.0. The number of amides is 1. The molecule has 2 heterocycles. The summed E-state index contributed by atoms with van der Waals surface area (Å²) in [7, 11) is 3.97. The number of carbonyl (C=O) groups excluding carboxylic acids is 1. The normalized spacial score (nSPS) is 17.5. The highest BCUT2D eigenvalue weighted by molar-refractivity contribution is 5.95. The van der Waals surface area contributed by atoms with Crippen molar-refractivity contribution >= 4 is 11.6 Å². The lowest BCUT2D eigenvalue weighted by molar-refractivity contribution is 0.0646. The van der Waals surface area contributed by atoms with Crippen LogP contribution < -0.4 is 15.4 Å². The number of benzene rings is 2. The van der Waals surface area contributed by atoms with Gasteiger partial charge in [0.2, 0.25) is 0 Å². The summed E-state index contributed by atoms with van der Waals surface area (Å²) in [6.07, 6.45) is 1.85. The molecule has 1 saturated heterocycles. The third kappa shape index (κ3) is 3.16. The van der Waals surface area contributed by atoms with Gasteiger partial charge in [-0.2, -0.15) is 0 Å². The summed E-state index contributed by atoms with van der Waals surface area (Å²) in [5, 5.41) is 0. The van der Waals surface area contributed by atoms with E-state index in [1.807, 2.05) is 60.3 Å². The van der Waals surface area contributed by atoms with Crippen LogP contribution in [0.3, 0.4) is 0 Å². The minimum Gasteiger partial charge on any atom is -0.492 e. The lowest BCUT2D eigenvalue weighted by atomic mass is 9.74. The number of carbonyl (C=O) groups is 1. The Labute approximate surface area is 160 Å². The molecule has 0 unspecified atom stereocenters. The Morgan fingerprint density at radius 2 is 1.96 bits per heavy atom. The van der Waals surface area contributed by atoms with Crippen LogP contribution in [0.25, 0.3) is 0 Å². The zero-order chi connectivity index (χ0) is 19.0. The van der Waals surface area contributed by atoms with E-state index in [2.05, 4.69) is 6.07 Å². The molecule has 1 amide bonds. The van der Waals surface area contributed by atoms with Gasteiger partial charge in [0.05, 0.1) is 6.61 Å². The molecule has 0 aliphatic carbocycles. The summed E-state index contributed by atoms with van der Waals surface area (Å²) in [6.45, 7) is 2.74. The topological polar surface area (TPSA) is 58.8 Å². The van der Waals surface area contributed by atoms with Crippen LogP contribution in [0.4, 0.5) is 5.69 Å². The number of piperidine rings is 1. The van der Waals surface area contributed by atoms with E-state index in [0.717, 1.165) is 48.5 Å².